The molecule has 1 atom stereocenters. The van der Waals surface area contributed by atoms with Crippen molar-refractivity contribution in [2.24, 2.45) is 11.5 Å². The lowest BCUT2D eigenvalue weighted by atomic mass is 10.1. The van der Waals surface area contributed by atoms with Gasteiger partial charge in [0.1, 0.15) is 0 Å². The van der Waals surface area contributed by atoms with Gasteiger partial charge in [-0.15, -0.1) is 0 Å². The van der Waals surface area contributed by atoms with Crippen LogP contribution in [-0.4, -0.2) is 25.0 Å². The number of amides is 1. The summed E-state index contributed by atoms with van der Waals surface area (Å²) in [5.41, 5.74) is 10.9. The van der Waals surface area contributed by atoms with E-state index in [2.05, 4.69) is 5.32 Å². The van der Waals surface area contributed by atoms with Crippen LogP contribution >= 0.6 is 0 Å². The third-order valence-corrected chi connectivity index (χ3v) is 1.87. The monoisotopic (exact) mass is 187 g/mol. The molecule has 1 amide bonds. The lowest BCUT2D eigenvalue weighted by molar-refractivity contribution is -0.122. The second-order valence-electron chi connectivity index (χ2n) is 3.18. The van der Waals surface area contributed by atoms with Gasteiger partial charge in [-0.3, -0.25) is 4.79 Å². The van der Waals surface area contributed by atoms with E-state index in [-0.39, 0.29) is 11.9 Å². The molecule has 0 saturated heterocycles. The highest BCUT2D eigenvalue weighted by Gasteiger charge is 2.10. The molecule has 4 heteroatoms. The summed E-state index contributed by atoms with van der Waals surface area (Å²) in [6.07, 6.45) is 3.57. The Kier molecular flexibility index (Phi) is 7.63. The lowest BCUT2D eigenvalue weighted by Crippen LogP contribution is -2.40. The number of rotatable bonds is 7. The first kappa shape index (κ1) is 12.4. The van der Waals surface area contributed by atoms with E-state index in [1.807, 2.05) is 6.92 Å². The molecular weight excluding hydrogens is 166 g/mol. The standard InChI is InChI=1S/C9H21N3O/c1-2-5-8(11)9(13)12-7-4-3-6-10/h8H,2-7,10-11H2,1H3,(H,12,13)/t8-/m0/s1. The molecule has 0 radical (unpaired) electrons. The van der Waals surface area contributed by atoms with Crippen molar-refractivity contribution in [3.63, 3.8) is 0 Å². The molecular formula is C9H21N3O. The van der Waals surface area contributed by atoms with Gasteiger partial charge in [-0.25, -0.2) is 0 Å². The SMILES string of the molecule is CCC[C@H](N)C(=O)NCCCCN. The maximum atomic E-state index is 11.2. The average Bonchev–Trinajstić information content (AvgIpc) is 2.12. The van der Waals surface area contributed by atoms with Crippen molar-refractivity contribution in [2.75, 3.05) is 13.1 Å². The third kappa shape index (κ3) is 6.54. The summed E-state index contributed by atoms with van der Waals surface area (Å²) < 4.78 is 0. The minimum Gasteiger partial charge on any atom is -0.355 e. The Hall–Kier alpha value is -0.610. The summed E-state index contributed by atoms with van der Waals surface area (Å²) in [4.78, 5) is 11.2. The van der Waals surface area contributed by atoms with Gasteiger partial charge >= 0.3 is 0 Å². The van der Waals surface area contributed by atoms with Crippen molar-refractivity contribution >= 4 is 5.91 Å². The smallest absolute Gasteiger partial charge is 0.236 e. The number of unbranched alkanes of at least 4 members (excludes halogenated alkanes) is 1. The molecule has 4 nitrogen and oxygen atoms in total. The van der Waals surface area contributed by atoms with E-state index in [0.29, 0.717) is 13.1 Å². The summed E-state index contributed by atoms with van der Waals surface area (Å²) in [5, 5.41) is 2.78. The maximum Gasteiger partial charge on any atom is 0.236 e. The molecule has 13 heavy (non-hydrogen) atoms. The topological polar surface area (TPSA) is 81.1 Å². The van der Waals surface area contributed by atoms with Crippen molar-refractivity contribution in [1.29, 1.82) is 0 Å². The number of hydrogen-bond donors (Lipinski definition) is 3. The zero-order valence-corrected chi connectivity index (χ0v) is 8.38. The minimum absolute atomic E-state index is 0.0427. The normalized spacial score (nSPS) is 12.5. The molecule has 0 saturated carbocycles. The quantitative estimate of drug-likeness (QED) is 0.489. The summed E-state index contributed by atoms with van der Waals surface area (Å²) in [7, 11) is 0. The number of carbonyl (C=O) groups is 1. The predicted octanol–water partition coefficient (Wildman–Crippen LogP) is -0.0311. The van der Waals surface area contributed by atoms with Crippen LogP contribution in [0.25, 0.3) is 0 Å². The van der Waals surface area contributed by atoms with Crippen molar-refractivity contribution in [2.45, 2.75) is 38.6 Å². The highest BCUT2D eigenvalue weighted by atomic mass is 16.2. The summed E-state index contributed by atoms with van der Waals surface area (Å²) in [5.74, 6) is -0.0427. The Bertz CT molecular complexity index is 139. The summed E-state index contributed by atoms with van der Waals surface area (Å²) >= 11 is 0. The third-order valence-electron chi connectivity index (χ3n) is 1.87. The molecule has 0 aliphatic rings. The molecule has 0 aromatic heterocycles. The zero-order valence-electron chi connectivity index (χ0n) is 8.38. The fourth-order valence-electron chi connectivity index (χ4n) is 1.05. The first-order chi connectivity index (χ1) is 6.22. The number of nitrogens with two attached hydrogens (primary N) is 2. The minimum atomic E-state index is -0.345. The summed E-state index contributed by atoms with van der Waals surface area (Å²) in [6, 6.07) is -0.345. The highest BCUT2D eigenvalue weighted by molar-refractivity contribution is 5.81. The first-order valence-electron chi connectivity index (χ1n) is 4.95. The Labute approximate surface area is 80.0 Å². The lowest BCUT2D eigenvalue weighted by Gasteiger charge is -2.10. The number of carbonyl (C=O) groups excluding carboxylic acids is 1. The average molecular weight is 187 g/mol. The van der Waals surface area contributed by atoms with E-state index in [1.54, 1.807) is 0 Å². The van der Waals surface area contributed by atoms with Crippen LogP contribution in [-0.2, 0) is 4.79 Å². The van der Waals surface area contributed by atoms with Gasteiger partial charge in [0.05, 0.1) is 6.04 Å². The van der Waals surface area contributed by atoms with Crippen LogP contribution in [0, 0.1) is 0 Å². The second-order valence-corrected chi connectivity index (χ2v) is 3.18. The Morgan fingerprint density at radius 2 is 2.15 bits per heavy atom. The molecule has 0 unspecified atom stereocenters. The molecule has 0 bridgehead atoms. The Balaban J connectivity index is 3.38. The van der Waals surface area contributed by atoms with Gasteiger partial charge < -0.3 is 16.8 Å². The van der Waals surface area contributed by atoms with E-state index in [0.717, 1.165) is 25.7 Å². The van der Waals surface area contributed by atoms with Crippen LogP contribution in [0.5, 0.6) is 0 Å². The predicted molar refractivity (Wildman–Crippen MR) is 54.2 cm³/mol. The fraction of sp³-hybridized carbons (Fsp3) is 0.889. The van der Waals surface area contributed by atoms with Gasteiger partial charge in [-0.1, -0.05) is 13.3 Å². The van der Waals surface area contributed by atoms with E-state index in [4.69, 9.17) is 11.5 Å². The van der Waals surface area contributed by atoms with Crippen LogP contribution in [0.4, 0.5) is 0 Å². The van der Waals surface area contributed by atoms with Crippen LogP contribution in [0.15, 0.2) is 0 Å². The van der Waals surface area contributed by atoms with E-state index >= 15 is 0 Å². The van der Waals surface area contributed by atoms with Crippen molar-refractivity contribution in [3.05, 3.63) is 0 Å². The molecule has 0 aliphatic carbocycles. The second kappa shape index (κ2) is 8.01. The zero-order chi connectivity index (χ0) is 10.1. The van der Waals surface area contributed by atoms with Gasteiger partial charge in [0, 0.05) is 6.54 Å². The fourth-order valence-corrected chi connectivity index (χ4v) is 1.05. The van der Waals surface area contributed by atoms with Gasteiger partial charge in [0.25, 0.3) is 0 Å². The largest absolute Gasteiger partial charge is 0.355 e. The van der Waals surface area contributed by atoms with Gasteiger partial charge in [0.2, 0.25) is 5.91 Å². The molecule has 0 fully saturated rings. The molecule has 0 rings (SSSR count). The number of nitrogens with one attached hydrogen (secondary N) is 1. The first-order valence-corrected chi connectivity index (χ1v) is 4.95. The molecule has 78 valence electrons. The van der Waals surface area contributed by atoms with Gasteiger partial charge in [0.15, 0.2) is 0 Å². The van der Waals surface area contributed by atoms with Crippen LogP contribution in [0.1, 0.15) is 32.6 Å². The highest BCUT2D eigenvalue weighted by Crippen LogP contribution is 1.93. The Morgan fingerprint density at radius 1 is 1.46 bits per heavy atom. The molecule has 5 N–H and O–H groups in total. The van der Waals surface area contributed by atoms with Gasteiger partial charge in [-0.05, 0) is 25.8 Å². The summed E-state index contributed by atoms with van der Waals surface area (Å²) in [6.45, 7) is 3.38. The van der Waals surface area contributed by atoms with Crippen LogP contribution in [0.3, 0.4) is 0 Å². The van der Waals surface area contributed by atoms with Crippen molar-refractivity contribution in [1.82, 2.24) is 5.32 Å². The molecule has 0 aromatic carbocycles. The number of hydrogen-bond acceptors (Lipinski definition) is 3. The Morgan fingerprint density at radius 3 is 2.69 bits per heavy atom. The van der Waals surface area contributed by atoms with E-state index in [9.17, 15) is 4.79 Å². The van der Waals surface area contributed by atoms with E-state index in [1.165, 1.54) is 0 Å². The molecule has 0 aromatic rings. The van der Waals surface area contributed by atoms with Crippen LogP contribution < -0.4 is 16.8 Å². The van der Waals surface area contributed by atoms with Crippen molar-refractivity contribution < 1.29 is 4.79 Å². The molecule has 0 heterocycles. The van der Waals surface area contributed by atoms with Crippen LogP contribution in [0.2, 0.25) is 0 Å². The van der Waals surface area contributed by atoms with Crippen molar-refractivity contribution in [3.8, 4) is 0 Å². The van der Waals surface area contributed by atoms with E-state index < -0.39 is 0 Å². The maximum absolute atomic E-state index is 11.2. The molecule has 0 aliphatic heterocycles. The van der Waals surface area contributed by atoms with Gasteiger partial charge in [-0.2, -0.15) is 0 Å². The molecule has 0 spiro atoms.